The van der Waals surface area contributed by atoms with Gasteiger partial charge in [-0.05, 0) is 54.2 Å². The van der Waals surface area contributed by atoms with Crippen molar-refractivity contribution in [2.75, 3.05) is 5.32 Å². The number of carbonyl (C=O) groups excluding carboxylic acids is 1. The molecule has 3 aromatic carbocycles. The zero-order valence-electron chi connectivity index (χ0n) is 19.1. The molecule has 1 atom stereocenters. The Bertz CT molecular complexity index is 1390. The Hall–Kier alpha value is -4.08. The van der Waals surface area contributed by atoms with Crippen LogP contribution in [0.3, 0.4) is 0 Å². The second-order valence-corrected chi connectivity index (χ2v) is 9.06. The van der Waals surface area contributed by atoms with Gasteiger partial charge in [-0.25, -0.2) is 9.48 Å². The molecule has 6 nitrogen and oxygen atoms in total. The van der Waals surface area contributed by atoms with Crippen LogP contribution >= 0.6 is 11.6 Å². The van der Waals surface area contributed by atoms with E-state index in [2.05, 4.69) is 16.5 Å². The number of benzene rings is 3. The number of ether oxygens (including phenoxy) is 1. The lowest BCUT2D eigenvalue weighted by atomic mass is 9.95. The van der Waals surface area contributed by atoms with Gasteiger partial charge in [0.15, 0.2) is 5.82 Å². The zero-order valence-corrected chi connectivity index (χ0v) is 19.9. The lowest BCUT2D eigenvalue weighted by Crippen LogP contribution is -2.18. The molecule has 4 aromatic rings. The summed E-state index contributed by atoms with van der Waals surface area (Å²) in [5.74, 6) is 0.334. The quantitative estimate of drug-likeness (QED) is 0.319. The van der Waals surface area contributed by atoms with E-state index in [1.54, 1.807) is 4.68 Å². The Labute approximate surface area is 208 Å². The van der Waals surface area contributed by atoms with Crippen LogP contribution in [0, 0.1) is 11.3 Å². The Morgan fingerprint density at radius 3 is 2.29 bits per heavy atom. The summed E-state index contributed by atoms with van der Waals surface area (Å²) in [5, 5.41) is 16.7. The molecule has 0 bridgehead atoms. The van der Waals surface area contributed by atoms with Crippen LogP contribution in [0.1, 0.15) is 37.0 Å². The first-order valence-electron chi connectivity index (χ1n) is 11.4. The Balaban J connectivity index is 1.30. The van der Waals surface area contributed by atoms with Crippen LogP contribution in [0.5, 0.6) is 0 Å². The van der Waals surface area contributed by atoms with Gasteiger partial charge in [0.05, 0.1) is 23.4 Å². The van der Waals surface area contributed by atoms with Crippen LogP contribution < -0.4 is 5.32 Å². The van der Waals surface area contributed by atoms with E-state index < -0.39 is 12.2 Å². The van der Waals surface area contributed by atoms with Gasteiger partial charge in [-0.2, -0.15) is 10.4 Å². The zero-order chi connectivity index (χ0) is 24.4. The van der Waals surface area contributed by atoms with Crippen molar-refractivity contribution in [1.29, 1.82) is 5.26 Å². The summed E-state index contributed by atoms with van der Waals surface area (Å²) in [6.07, 6.45) is 2.30. The second-order valence-electron chi connectivity index (χ2n) is 8.65. The summed E-state index contributed by atoms with van der Waals surface area (Å²) in [5.41, 5.74) is 4.52. The van der Waals surface area contributed by atoms with E-state index in [9.17, 15) is 10.1 Å². The number of halogens is 1. The number of carbonyl (C=O) groups is 1. The van der Waals surface area contributed by atoms with Crippen LogP contribution in [0.15, 0.2) is 85.1 Å². The van der Waals surface area contributed by atoms with E-state index in [1.807, 2.05) is 85.8 Å². The average Bonchev–Trinajstić information content (AvgIpc) is 3.62. The third-order valence-electron chi connectivity index (χ3n) is 6.34. The first-order chi connectivity index (χ1) is 17.0. The van der Waals surface area contributed by atoms with Gasteiger partial charge in [0, 0.05) is 0 Å². The fraction of sp³-hybridized carbons (Fsp3) is 0.179. The summed E-state index contributed by atoms with van der Waals surface area (Å²) in [7, 11) is 0. The molecule has 0 radical (unpaired) electrons. The van der Waals surface area contributed by atoms with Gasteiger partial charge < -0.3 is 4.74 Å². The molecule has 174 valence electrons. The lowest BCUT2D eigenvalue weighted by molar-refractivity contribution is 0.121. The molecule has 1 aromatic heterocycles. The number of nitriles is 1. The number of hydrogen-bond acceptors (Lipinski definition) is 4. The van der Waals surface area contributed by atoms with Crippen molar-refractivity contribution in [2.45, 2.75) is 31.3 Å². The summed E-state index contributed by atoms with van der Waals surface area (Å²) in [6, 6.07) is 27.9. The molecular weight excluding hydrogens is 460 g/mol. The van der Waals surface area contributed by atoms with Gasteiger partial charge in [-0.3, -0.25) is 5.32 Å². The van der Waals surface area contributed by atoms with Crippen molar-refractivity contribution in [3.63, 3.8) is 0 Å². The third-order valence-corrected chi connectivity index (χ3v) is 6.62. The first-order valence-corrected chi connectivity index (χ1v) is 11.8. The van der Waals surface area contributed by atoms with Crippen LogP contribution in [-0.2, 0) is 10.2 Å². The average molecular weight is 483 g/mol. The molecule has 7 heteroatoms. The lowest BCUT2D eigenvalue weighted by Gasteiger charge is -2.15. The minimum absolute atomic E-state index is 0.287. The Morgan fingerprint density at radius 1 is 1.06 bits per heavy atom. The number of nitrogens with zero attached hydrogens (tertiary/aromatic N) is 3. The van der Waals surface area contributed by atoms with Crippen molar-refractivity contribution >= 4 is 23.5 Å². The summed E-state index contributed by atoms with van der Waals surface area (Å²) < 4.78 is 7.07. The maximum absolute atomic E-state index is 12.5. The number of aromatic nitrogens is 2. The van der Waals surface area contributed by atoms with Crippen LogP contribution in [0.2, 0.25) is 5.02 Å². The van der Waals surface area contributed by atoms with Crippen LogP contribution in [0.25, 0.3) is 16.8 Å². The molecule has 0 spiro atoms. The molecule has 1 N–H and O–H groups in total. The summed E-state index contributed by atoms with van der Waals surface area (Å²) >= 11 is 6.31. The minimum Gasteiger partial charge on any atom is -0.441 e. The number of nitrogens with one attached hydrogen (secondary N) is 1. The van der Waals surface area contributed by atoms with Crippen molar-refractivity contribution in [3.8, 4) is 22.9 Å². The van der Waals surface area contributed by atoms with Gasteiger partial charge in [0.2, 0.25) is 0 Å². The van der Waals surface area contributed by atoms with E-state index >= 15 is 0 Å². The second kappa shape index (κ2) is 9.28. The van der Waals surface area contributed by atoms with Crippen molar-refractivity contribution in [1.82, 2.24) is 9.78 Å². The van der Waals surface area contributed by atoms with Crippen LogP contribution in [-0.4, -0.2) is 15.9 Å². The van der Waals surface area contributed by atoms with Crippen LogP contribution in [0.4, 0.5) is 10.6 Å². The molecule has 1 amide bonds. The standard InChI is InChI=1S/C28H23ClN4O2/c1-19(20-5-3-2-4-6-20)35-27(34)32-26-25(29)17-31-33(26)24-13-9-22(10-14-24)21-7-11-23(12-8-21)28(18-30)15-16-28/h2-14,17,19H,15-16H2,1H3,(H,32,34). The van der Waals surface area contributed by atoms with Gasteiger partial charge in [-0.1, -0.05) is 78.3 Å². The van der Waals surface area contributed by atoms with E-state index in [-0.39, 0.29) is 5.41 Å². The molecule has 1 heterocycles. The highest BCUT2D eigenvalue weighted by molar-refractivity contribution is 6.33. The van der Waals surface area contributed by atoms with Gasteiger partial charge >= 0.3 is 6.09 Å². The highest BCUT2D eigenvalue weighted by Crippen LogP contribution is 2.47. The summed E-state index contributed by atoms with van der Waals surface area (Å²) in [4.78, 5) is 12.5. The molecule has 0 aliphatic heterocycles. The highest BCUT2D eigenvalue weighted by Gasteiger charge is 2.44. The molecule has 0 saturated heterocycles. The largest absolute Gasteiger partial charge is 0.441 e. The van der Waals surface area contributed by atoms with Crippen molar-refractivity contribution in [2.24, 2.45) is 0 Å². The number of amides is 1. The maximum atomic E-state index is 12.5. The predicted octanol–water partition coefficient (Wildman–Crippen LogP) is 7.06. The van der Waals surface area contributed by atoms with Crippen molar-refractivity contribution in [3.05, 3.63) is 101 Å². The number of anilines is 1. The maximum Gasteiger partial charge on any atom is 0.413 e. The molecular formula is C28H23ClN4O2. The SMILES string of the molecule is CC(OC(=O)Nc1c(Cl)cnn1-c1ccc(-c2ccc(C3(C#N)CC3)cc2)cc1)c1ccccc1. The molecule has 5 rings (SSSR count). The molecule has 1 aliphatic carbocycles. The number of rotatable bonds is 6. The first kappa shape index (κ1) is 22.7. The fourth-order valence-electron chi connectivity index (χ4n) is 4.08. The predicted molar refractivity (Wildman–Crippen MR) is 135 cm³/mol. The third kappa shape index (κ3) is 4.64. The summed E-state index contributed by atoms with van der Waals surface area (Å²) in [6.45, 7) is 1.81. The molecule has 35 heavy (non-hydrogen) atoms. The van der Waals surface area contributed by atoms with E-state index in [0.29, 0.717) is 10.8 Å². The van der Waals surface area contributed by atoms with Gasteiger partial charge in [-0.15, -0.1) is 0 Å². The molecule has 1 saturated carbocycles. The van der Waals surface area contributed by atoms with Crippen molar-refractivity contribution < 1.29 is 9.53 Å². The van der Waals surface area contributed by atoms with E-state index in [0.717, 1.165) is 40.8 Å². The monoisotopic (exact) mass is 482 g/mol. The van der Waals surface area contributed by atoms with Gasteiger partial charge in [0.1, 0.15) is 11.1 Å². The normalized spacial score (nSPS) is 14.5. The minimum atomic E-state index is -0.618. The van der Waals surface area contributed by atoms with E-state index in [4.69, 9.17) is 16.3 Å². The highest BCUT2D eigenvalue weighted by atomic mass is 35.5. The number of hydrogen-bond donors (Lipinski definition) is 1. The Kier molecular flexibility index (Phi) is 6.02. The molecule has 1 unspecified atom stereocenters. The Morgan fingerprint density at radius 2 is 1.69 bits per heavy atom. The topological polar surface area (TPSA) is 79.9 Å². The molecule has 1 fully saturated rings. The smallest absolute Gasteiger partial charge is 0.413 e. The van der Waals surface area contributed by atoms with E-state index in [1.165, 1.54) is 6.20 Å². The fourth-order valence-corrected chi connectivity index (χ4v) is 4.25. The van der Waals surface area contributed by atoms with Gasteiger partial charge in [0.25, 0.3) is 0 Å². The molecule has 1 aliphatic rings.